The van der Waals surface area contributed by atoms with Crippen molar-refractivity contribution in [3.05, 3.63) is 59.2 Å². The minimum Gasteiger partial charge on any atom is -0.508 e. The lowest BCUT2D eigenvalue weighted by Gasteiger charge is -2.44. The van der Waals surface area contributed by atoms with E-state index in [-0.39, 0.29) is 23.5 Å². The van der Waals surface area contributed by atoms with E-state index >= 15 is 0 Å². The third-order valence-electron chi connectivity index (χ3n) is 6.82. The summed E-state index contributed by atoms with van der Waals surface area (Å²) in [5.74, 6) is -2.19. The quantitative estimate of drug-likeness (QED) is 0.290. The van der Waals surface area contributed by atoms with E-state index in [1.165, 1.54) is 30.2 Å². The first-order valence-corrected chi connectivity index (χ1v) is 13.7. The Bertz CT molecular complexity index is 1270. The summed E-state index contributed by atoms with van der Waals surface area (Å²) in [6.45, 7) is 11.7. The number of ether oxygens (including phenoxy) is 2. The molecule has 0 bridgehead atoms. The maximum absolute atomic E-state index is 14.6. The smallest absolute Gasteiger partial charge is 0.408 e. The van der Waals surface area contributed by atoms with Crippen LogP contribution in [0.4, 0.5) is 4.79 Å². The van der Waals surface area contributed by atoms with Gasteiger partial charge in [0.2, 0.25) is 11.8 Å². The number of nitrogens with one attached hydrogen (secondary N) is 2. The highest BCUT2D eigenvalue weighted by atomic mass is 16.6. The zero-order valence-corrected chi connectivity index (χ0v) is 25.6. The number of alkyl carbamates (subject to hydrolysis) is 1. The molecular weight excluding hydrogens is 542 g/mol. The summed E-state index contributed by atoms with van der Waals surface area (Å²) in [4.78, 5) is 54.5. The van der Waals surface area contributed by atoms with Gasteiger partial charge in [0.15, 0.2) is 0 Å². The first-order valence-electron chi connectivity index (χ1n) is 13.7. The first kappa shape index (κ1) is 33.9. The average molecular weight is 586 g/mol. The third kappa shape index (κ3) is 9.12. The fraction of sp³-hybridized carbons (Fsp3) is 0.484. The summed E-state index contributed by atoms with van der Waals surface area (Å²) in [5, 5.41) is 26.0. The Morgan fingerprint density at radius 2 is 1.60 bits per heavy atom. The third-order valence-corrected chi connectivity index (χ3v) is 6.82. The molecule has 3 amide bonds. The number of aryl methyl sites for hydroxylation is 1. The van der Waals surface area contributed by atoms with Crippen molar-refractivity contribution in [3.8, 4) is 11.5 Å². The summed E-state index contributed by atoms with van der Waals surface area (Å²) < 4.78 is 10.1. The molecule has 2 aromatic carbocycles. The number of phenolic OH excluding ortho intramolecular Hbond substituents is 2. The standard InChI is InChI=1S/C31H43N3O8/c1-9-31(6,7)34(25(27(38)32-18-24(36)41-8)22-12-10-11-19(2)26(22)37)28(39)23(33-29(40)42-30(3,4)5)17-20-13-15-21(35)16-14-20/h10-16,23,25,35,37H,9,17-18H2,1-8H3,(H,32,38)(H,33,40). The predicted molar refractivity (Wildman–Crippen MR) is 157 cm³/mol. The number of hydrogen-bond donors (Lipinski definition) is 4. The molecule has 4 N–H and O–H groups in total. The molecule has 0 aliphatic carbocycles. The largest absolute Gasteiger partial charge is 0.508 e. The topological polar surface area (TPSA) is 154 Å². The van der Waals surface area contributed by atoms with Crippen molar-refractivity contribution in [1.29, 1.82) is 0 Å². The molecule has 0 aliphatic heterocycles. The van der Waals surface area contributed by atoms with Crippen LogP contribution in [0.2, 0.25) is 0 Å². The van der Waals surface area contributed by atoms with Crippen LogP contribution in [0.25, 0.3) is 0 Å². The number of carbonyl (C=O) groups excluding carboxylic acids is 4. The number of amides is 3. The molecule has 2 rings (SSSR count). The van der Waals surface area contributed by atoms with Gasteiger partial charge < -0.3 is 35.2 Å². The molecule has 0 spiro atoms. The summed E-state index contributed by atoms with van der Waals surface area (Å²) in [6, 6.07) is 8.42. The van der Waals surface area contributed by atoms with Gasteiger partial charge in [0.05, 0.1) is 7.11 Å². The number of hydrogen-bond acceptors (Lipinski definition) is 8. The molecule has 2 atom stereocenters. The molecule has 0 aromatic heterocycles. The number of nitrogens with zero attached hydrogens (tertiary/aromatic N) is 1. The van der Waals surface area contributed by atoms with Crippen LogP contribution in [0.15, 0.2) is 42.5 Å². The molecule has 0 radical (unpaired) electrons. The highest BCUT2D eigenvalue weighted by molar-refractivity contribution is 5.94. The van der Waals surface area contributed by atoms with Gasteiger partial charge in [0, 0.05) is 17.5 Å². The minimum absolute atomic E-state index is 0.00491. The van der Waals surface area contributed by atoms with Crippen LogP contribution >= 0.6 is 0 Å². The highest BCUT2D eigenvalue weighted by Crippen LogP contribution is 2.37. The van der Waals surface area contributed by atoms with Gasteiger partial charge in [-0.25, -0.2) is 4.79 Å². The predicted octanol–water partition coefficient (Wildman–Crippen LogP) is 3.89. The lowest BCUT2D eigenvalue weighted by molar-refractivity contribution is -0.150. The maximum Gasteiger partial charge on any atom is 0.408 e. The average Bonchev–Trinajstić information content (AvgIpc) is 2.91. The van der Waals surface area contributed by atoms with E-state index in [2.05, 4.69) is 15.4 Å². The lowest BCUT2D eigenvalue weighted by atomic mass is 9.90. The normalized spacial score (nSPS) is 13.0. The monoisotopic (exact) mass is 585 g/mol. The van der Waals surface area contributed by atoms with E-state index in [1.54, 1.807) is 65.8 Å². The summed E-state index contributed by atoms with van der Waals surface area (Å²) in [7, 11) is 1.19. The van der Waals surface area contributed by atoms with E-state index in [9.17, 15) is 29.4 Å². The van der Waals surface area contributed by atoms with Crippen molar-refractivity contribution >= 4 is 23.9 Å². The van der Waals surface area contributed by atoms with E-state index in [0.29, 0.717) is 17.5 Å². The number of carbonyl (C=O) groups is 4. The van der Waals surface area contributed by atoms with Crippen molar-refractivity contribution < 1.29 is 38.9 Å². The molecule has 230 valence electrons. The van der Waals surface area contributed by atoms with Crippen molar-refractivity contribution in [1.82, 2.24) is 15.5 Å². The van der Waals surface area contributed by atoms with Crippen LogP contribution in [0.3, 0.4) is 0 Å². The first-order chi connectivity index (χ1) is 19.5. The molecule has 2 aromatic rings. The molecule has 2 unspecified atom stereocenters. The lowest BCUT2D eigenvalue weighted by Crippen LogP contribution is -2.60. The summed E-state index contributed by atoms with van der Waals surface area (Å²) >= 11 is 0. The van der Waals surface area contributed by atoms with Crippen LogP contribution in [0.1, 0.15) is 70.7 Å². The molecule has 0 heterocycles. The van der Waals surface area contributed by atoms with Gasteiger partial charge in [0.25, 0.3) is 0 Å². The van der Waals surface area contributed by atoms with Crippen LogP contribution in [0.5, 0.6) is 11.5 Å². The fourth-order valence-electron chi connectivity index (χ4n) is 4.26. The number of phenols is 2. The van der Waals surface area contributed by atoms with Gasteiger partial charge in [-0.05, 0) is 71.2 Å². The molecule has 42 heavy (non-hydrogen) atoms. The van der Waals surface area contributed by atoms with Crippen molar-refractivity contribution in [3.63, 3.8) is 0 Å². The van der Waals surface area contributed by atoms with Gasteiger partial charge in [-0.3, -0.25) is 14.4 Å². The molecule has 11 nitrogen and oxygen atoms in total. The number of aromatic hydroxyl groups is 2. The number of para-hydroxylation sites is 1. The Kier molecular flexibility index (Phi) is 11.4. The second kappa shape index (κ2) is 14.1. The number of esters is 1. The van der Waals surface area contributed by atoms with E-state index in [1.807, 2.05) is 6.92 Å². The number of benzene rings is 2. The Morgan fingerprint density at radius 1 is 0.976 bits per heavy atom. The van der Waals surface area contributed by atoms with Crippen molar-refractivity contribution in [2.24, 2.45) is 0 Å². The number of methoxy groups -OCH3 is 1. The van der Waals surface area contributed by atoms with E-state index < -0.39 is 53.6 Å². The van der Waals surface area contributed by atoms with E-state index in [0.717, 1.165) is 0 Å². The van der Waals surface area contributed by atoms with Gasteiger partial charge in [-0.2, -0.15) is 0 Å². The second-order valence-corrected chi connectivity index (χ2v) is 11.7. The highest BCUT2D eigenvalue weighted by Gasteiger charge is 2.44. The molecule has 0 saturated carbocycles. The van der Waals surface area contributed by atoms with Gasteiger partial charge in [0.1, 0.15) is 35.7 Å². The van der Waals surface area contributed by atoms with Gasteiger partial charge in [-0.15, -0.1) is 0 Å². The fourth-order valence-corrected chi connectivity index (χ4v) is 4.26. The van der Waals surface area contributed by atoms with Crippen LogP contribution in [-0.4, -0.2) is 69.8 Å². The van der Waals surface area contributed by atoms with Gasteiger partial charge in [-0.1, -0.05) is 37.3 Å². The van der Waals surface area contributed by atoms with Crippen LogP contribution < -0.4 is 10.6 Å². The number of rotatable bonds is 11. The Morgan fingerprint density at radius 3 is 2.14 bits per heavy atom. The van der Waals surface area contributed by atoms with Crippen LogP contribution in [0, 0.1) is 6.92 Å². The molecular formula is C31H43N3O8. The SMILES string of the molecule is CCC(C)(C)N(C(=O)C(Cc1ccc(O)cc1)NC(=O)OC(C)(C)C)C(C(=O)NCC(=O)OC)c1cccc(C)c1O. The Labute approximate surface area is 247 Å². The molecule has 0 fully saturated rings. The zero-order valence-electron chi connectivity index (χ0n) is 25.6. The molecule has 11 heteroatoms. The minimum atomic E-state index is -1.39. The summed E-state index contributed by atoms with van der Waals surface area (Å²) in [5.41, 5.74) is -0.576. The van der Waals surface area contributed by atoms with Crippen molar-refractivity contribution in [2.75, 3.05) is 13.7 Å². The maximum atomic E-state index is 14.6. The van der Waals surface area contributed by atoms with Crippen molar-refractivity contribution in [2.45, 2.75) is 84.5 Å². The Hall–Kier alpha value is -4.28. The van der Waals surface area contributed by atoms with E-state index in [4.69, 9.17) is 4.74 Å². The van der Waals surface area contributed by atoms with Gasteiger partial charge >= 0.3 is 12.1 Å². The molecule has 0 saturated heterocycles. The second-order valence-electron chi connectivity index (χ2n) is 11.7. The molecule has 0 aliphatic rings. The Balaban J connectivity index is 2.71. The van der Waals surface area contributed by atoms with Crippen LogP contribution in [-0.2, 0) is 30.3 Å². The zero-order chi connectivity index (χ0) is 31.8. The summed E-state index contributed by atoms with van der Waals surface area (Å²) in [6.07, 6.45) is -0.436.